The van der Waals surface area contributed by atoms with Gasteiger partial charge in [-0.2, -0.15) is 0 Å². The molecule has 0 saturated carbocycles. The van der Waals surface area contributed by atoms with Crippen molar-refractivity contribution in [3.8, 4) is 11.8 Å². The Morgan fingerprint density at radius 2 is 1.88 bits per heavy atom. The van der Waals surface area contributed by atoms with Gasteiger partial charge in [0, 0.05) is 5.56 Å². The number of carbonyl (C=O) groups excluding carboxylic acids is 1. The lowest BCUT2D eigenvalue weighted by atomic mass is 10.2. The number of carbonyl (C=O) groups is 1. The topological polar surface area (TPSA) is 44.8 Å². The zero-order valence-corrected chi connectivity index (χ0v) is 16.6. The van der Waals surface area contributed by atoms with Crippen LogP contribution in [0.25, 0.3) is 0 Å². The van der Waals surface area contributed by atoms with Crippen molar-refractivity contribution >= 4 is 14.5 Å². The molecule has 0 atom stereocenters. The molecule has 0 saturated heterocycles. The van der Waals surface area contributed by atoms with Crippen LogP contribution in [0.15, 0.2) is 55.0 Å². The molecule has 0 fully saturated rings. The molecule has 0 aromatic heterocycles. The highest BCUT2D eigenvalue weighted by Crippen LogP contribution is 2.36. The maximum atomic E-state index is 11.7. The second kappa shape index (κ2) is 9.14. The number of ether oxygens (including phenoxy) is 2. The highest BCUT2D eigenvalue weighted by molar-refractivity contribution is 6.74. The SMILES string of the molecule is C=CCOC(=O)O/C(C#Cc1ccccc1)=C/O[Si](C)(C)C(C)(C)C. The van der Waals surface area contributed by atoms with Gasteiger partial charge in [0.2, 0.25) is 14.1 Å². The molecule has 0 amide bonds. The molecule has 5 heteroatoms. The molecule has 0 aliphatic heterocycles. The molecule has 4 nitrogen and oxygen atoms in total. The fraction of sp³-hybridized carbons (Fsp3) is 0.350. The molecule has 134 valence electrons. The molecular weight excluding hydrogens is 332 g/mol. The van der Waals surface area contributed by atoms with E-state index in [0.717, 1.165) is 5.56 Å². The summed E-state index contributed by atoms with van der Waals surface area (Å²) >= 11 is 0. The molecule has 0 N–H and O–H groups in total. The predicted molar refractivity (Wildman–Crippen MR) is 102 cm³/mol. The van der Waals surface area contributed by atoms with Gasteiger partial charge in [0.05, 0.1) is 0 Å². The lowest BCUT2D eigenvalue weighted by Crippen LogP contribution is -2.39. The van der Waals surface area contributed by atoms with E-state index >= 15 is 0 Å². The summed E-state index contributed by atoms with van der Waals surface area (Å²) in [5, 5.41) is 0.0187. The summed E-state index contributed by atoms with van der Waals surface area (Å²) in [6.45, 7) is 14.1. The Hall–Kier alpha value is -2.45. The van der Waals surface area contributed by atoms with Crippen LogP contribution in [0.4, 0.5) is 4.79 Å². The van der Waals surface area contributed by atoms with Crippen molar-refractivity contribution in [1.82, 2.24) is 0 Å². The number of hydrogen-bond acceptors (Lipinski definition) is 4. The summed E-state index contributed by atoms with van der Waals surface area (Å²) in [5.74, 6) is 5.89. The summed E-state index contributed by atoms with van der Waals surface area (Å²) in [4.78, 5) is 11.7. The third kappa shape index (κ3) is 7.32. The van der Waals surface area contributed by atoms with Gasteiger partial charge in [0.15, 0.2) is 0 Å². The van der Waals surface area contributed by atoms with Crippen LogP contribution < -0.4 is 0 Å². The molecule has 1 rings (SSSR count). The smallest absolute Gasteiger partial charge is 0.514 e. The molecule has 25 heavy (non-hydrogen) atoms. The van der Waals surface area contributed by atoms with Crippen LogP contribution in [-0.4, -0.2) is 21.1 Å². The highest BCUT2D eigenvalue weighted by atomic mass is 28.4. The average molecular weight is 359 g/mol. The van der Waals surface area contributed by atoms with Gasteiger partial charge in [-0.15, -0.1) is 0 Å². The van der Waals surface area contributed by atoms with Crippen LogP contribution >= 0.6 is 0 Å². The molecule has 0 heterocycles. The second-order valence-corrected chi connectivity index (χ2v) is 11.7. The predicted octanol–water partition coefficient (Wildman–Crippen LogP) is 5.24. The van der Waals surface area contributed by atoms with Gasteiger partial charge in [-0.3, -0.25) is 0 Å². The fourth-order valence-electron chi connectivity index (χ4n) is 1.36. The first kappa shape index (κ1) is 20.6. The Morgan fingerprint density at radius 1 is 1.24 bits per heavy atom. The van der Waals surface area contributed by atoms with Gasteiger partial charge in [0.1, 0.15) is 12.9 Å². The summed E-state index contributed by atoms with van der Waals surface area (Å²) in [6, 6.07) is 9.42. The summed E-state index contributed by atoms with van der Waals surface area (Å²) in [5.41, 5.74) is 0.809. The molecule has 0 aliphatic rings. The maximum Gasteiger partial charge on any atom is 0.514 e. The minimum Gasteiger partial charge on any atom is -0.546 e. The standard InChI is InChI=1S/C20H26O4Si/c1-7-15-22-19(21)24-18(14-13-17-11-9-8-10-12-17)16-23-25(5,6)20(2,3)4/h7-12,16H,1,15H2,2-6H3/b18-16+. The molecule has 0 spiro atoms. The van der Waals surface area contributed by atoms with Gasteiger partial charge in [-0.1, -0.05) is 57.5 Å². The zero-order valence-electron chi connectivity index (χ0n) is 15.6. The van der Waals surface area contributed by atoms with Crippen LogP contribution in [0.3, 0.4) is 0 Å². The molecule has 0 radical (unpaired) electrons. The third-order valence-corrected chi connectivity index (χ3v) is 8.20. The van der Waals surface area contributed by atoms with Crippen molar-refractivity contribution in [3.05, 3.63) is 60.6 Å². The van der Waals surface area contributed by atoms with Gasteiger partial charge in [0.25, 0.3) is 0 Å². The number of allylic oxidation sites excluding steroid dienone is 1. The fourth-order valence-corrected chi connectivity index (χ4v) is 2.11. The average Bonchev–Trinajstić information content (AvgIpc) is 2.55. The van der Waals surface area contributed by atoms with Crippen molar-refractivity contribution in [1.29, 1.82) is 0 Å². The Kier molecular flexibility index (Phi) is 7.53. The Bertz CT molecular complexity index is 673. The van der Waals surface area contributed by atoms with E-state index in [0.29, 0.717) is 0 Å². The minimum atomic E-state index is -2.04. The first-order valence-electron chi connectivity index (χ1n) is 8.06. The number of hydrogen-bond donors (Lipinski definition) is 0. The van der Waals surface area contributed by atoms with Gasteiger partial charge >= 0.3 is 6.16 Å². The largest absolute Gasteiger partial charge is 0.546 e. The van der Waals surface area contributed by atoms with E-state index in [2.05, 4.69) is 52.3 Å². The minimum absolute atomic E-state index is 0.0187. The van der Waals surface area contributed by atoms with Crippen molar-refractivity contribution in [3.63, 3.8) is 0 Å². The lowest BCUT2D eigenvalue weighted by molar-refractivity contribution is 0.0881. The van der Waals surface area contributed by atoms with Crippen molar-refractivity contribution in [2.24, 2.45) is 0 Å². The molecule has 0 aliphatic carbocycles. The van der Waals surface area contributed by atoms with E-state index in [1.165, 1.54) is 12.3 Å². The van der Waals surface area contributed by atoms with E-state index in [1.807, 2.05) is 30.3 Å². The van der Waals surface area contributed by atoms with Gasteiger partial charge in [-0.05, 0) is 36.2 Å². The Morgan fingerprint density at radius 3 is 2.44 bits per heavy atom. The van der Waals surface area contributed by atoms with Crippen LogP contribution in [0.5, 0.6) is 0 Å². The summed E-state index contributed by atoms with van der Waals surface area (Å²) < 4.78 is 16.0. The molecule has 0 unspecified atom stereocenters. The Labute approximate surface area is 151 Å². The first-order chi connectivity index (χ1) is 11.7. The molecule has 1 aromatic carbocycles. The van der Waals surface area contributed by atoms with Crippen LogP contribution in [0, 0.1) is 11.8 Å². The van der Waals surface area contributed by atoms with Crippen molar-refractivity contribution < 1.29 is 18.7 Å². The van der Waals surface area contributed by atoms with Crippen LogP contribution in [0.1, 0.15) is 26.3 Å². The van der Waals surface area contributed by atoms with Gasteiger partial charge < -0.3 is 13.9 Å². The zero-order chi connectivity index (χ0) is 18.9. The van der Waals surface area contributed by atoms with E-state index in [-0.39, 0.29) is 17.4 Å². The van der Waals surface area contributed by atoms with Crippen LogP contribution in [0.2, 0.25) is 18.1 Å². The Balaban J connectivity index is 2.98. The lowest BCUT2D eigenvalue weighted by Gasteiger charge is -2.34. The van der Waals surface area contributed by atoms with Crippen molar-refractivity contribution in [2.45, 2.75) is 38.9 Å². The second-order valence-electron chi connectivity index (χ2n) is 6.93. The van der Waals surface area contributed by atoms with E-state index in [4.69, 9.17) is 13.9 Å². The third-order valence-electron chi connectivity index (χ3n) is 3.88. The molecule has 0 bridgehead atoms. The quantitative estimate of drug-likeness (QED) is 0.237. The van der Waals surface area contributed by atoms with E-state index in [1.54, 1.807) is 0 Å². The summed E-state index contributed by atoms with van der Waals surface area (Å²) in [7, 11) is -2.04. The highest BCUT2D eigenvalue weighted by Gasteiger charge is 2.38. The van der Waals surface area contributed by atoms with Crippen molar-refractivity contribution in [2.75, 3.05) is 6.61 Å². The first-order valence-corrected chi connectivity index (χ1v) is 11.0. The number of benzene rings is 1. The molecule has 1 aromatic rings. The van der Waals surface area contributed by atoms with E-state index < -0.39 is 14.5 Å². The normalized spacial score (nSPS) is 11.8. The summed E-state index contributed by atoms with van der Waals surface area (Å²) in [6.07, 6.45) is 2.04. The maximum absolute atomic E-state index is 11.7. The number of rotatable bonds is 5. The van der Waals surface area contributed by atoms with Gasteiger partial charge in [-0.25, -0.2) is 4.79 Å². The molecular formula is C20H26O4Si. The van der Waals surface area contributed by atoms with Crippen LogP contribution in [-0.2, 0) is 13.9 Å². The van der Waals surface area contributed by atoms with E-state index in [9.17, 15) is 4.79 Å². The monoisotopic (exact) mass is 358 g/mol.